The molecule has 2 aromatic heterocycles. The van der Waals surface area contributed by atoms with Crippen molar-refractivity contribution in [1.29, 1.82) is 0 Å². The lowest BCUT2D eigenvalue weighted by atomic mass is 9.98. The molecule has 2 saturated heterocycles. The first-order chi connectivity index (χ1) is 17.2. The van der Waals surface area contributed by atoms with Crippen LogP contribution in [0.2, 0.25) is 0 Å². The number of nitrogens with zero attached hydrogens (tertiary/aromatic N) is 3. The van der Waals surface area contributed by atoms with E-state index in [1.807, 2.05) is 17.8 Å². The van der Waals surface area contributed by atoms with Gasteiger partial charge in [0.25, 0.3) is 0 Å². The Bertz CT molecular complexity index is 1160. The van der Waals surface area contributed by atoms with E-state index in [0.29, 0.717) is 0 Å². The average Bonchev–Trinajstić information content (AvgIpc) is 3.56. The fourth-order valence-electron chi connectivity index (χ4n) is 5.86. The van der Waals surface area contributed by atoms with Crippen LogP contribution in [0.3, 0.4) is 0 Å². The first-order valence-electron chi connectivity index (χ1n) is 13.2. The Morgan fingerprint density at radius 1 is 1.00 bits per heavy atom. The minimum atomic E-state index is -0.0820. The van der Waals surface area contributed by atoms with E-state index in [1.54, 1.807) is 17.4 Å². The van der Waals surface area contributed by atoms with Crippen molar-refractivity contribution in [2.24, 2.45) is 0 Å². The molecule has 0 unspecified atom stereocenters. The van der Waals surface area contributed by atoms with Gasteiger partial charge in [0.15, 0.2) is 0 Å². The van der Waals surface area contributed by atoms with E-state index in [4.69, 9.17) is 4.98 Å². The lowest BCUT2D eigenvalue weighted by Crippen LogP contribution is -2.41. The molecule has 0 atom stereocenters. The average molecular weight is 511 g/mol. The van der Waals surface area contributed by atoms with E-state index in [1.165, 1.54) is 37.1 Å². The Morgan fingerprint density at radius 3 is 2.60 bits per heavy atom. The second kappa shape index (κ2) is 10.4. The number of fused-ring (bicyclic) bond motifs is 1. The van der Waals surface area contributed by atoms with Gasteiger partial charge in [-0.15, -0.1) is 11.3 Å². The third-order valence-electron chi connectivity index (χ3n) is 7.93. The highest BCUT2D eigenvalue weighted by Crippen LogP contribution is 2.52. The predicted octanol–water partition coefficient (Wildman–Crippen LogP) is 6.43. The molecule has 1 N–H and O–H groups in total. The van der Waals surface area contributed by atoms with Gasteiger partial charge in [-0.25, -0.2) is 9.37 Å². The number of hydrogen-bond acceptors (Lipinski definition) is 6. The quantitative estimate of drug-likeness (QED) is 0.353. The molecule has 186 valence electrons. The van der Waals surface area contributed by atoms with Gasteiger partial charge in [0.1, 0.15) is 5.82 Å². The van der Waals surface area contributed by atoms with Gasteiger partial charge < -0.3 is 10.2 Å². The molecule has 4 nitrogen and oxygen atoms in total. The van der Waals surface area contributed by atoms with E-state index >= 15 is 4.39 Å². The van der Waals surface area contributed by atoms with Crippen molar-refractivity contribution in [1.82, 2.24) is 14.8 Å². The molecule has 0 bridgehead atoms. The van der Waals surface area contributed by atoms with E-state index in [9.17, 15) is 0 Å². The van der Waals surface area contributed by atoms with Gasteiger partial charge in [-0.05, 0) is 75.3 Å². The zero-order valence-corrected chi connectivity index (χ0v) is 22.0. The lowest BCUT2D eigenvalue weighted by molar-refractivity contribution is 0.192. The number of nitrogens with one attached hydrogen (secondary N) is 1. The summed E-state index contributed by atoms with van der Waals surface area (Å²) in [6, 6.07) is 10.0. The molecule has 0 amide bonds. The van der Waals surface area contributed by atoms with Crippen LogP contribution in [0.15, 0.2) is 35.7 Å². The number of piperidine rings is 1. The molecule has 0 radical (unpaired) electrons. The van der Waals surface area contributed by atoms with Gasteiger partial charge in [-0.3, -0.25) is 4.90 Å². The minimum absolute atomic E-state index is 0.0740. The molecule has 3 fully saturated rings. The number of aromatic nitrogens is 1. The van der Waals surface area contributed by atoms with Gasteiger partial charge in [-0.1, -0.05) is 18.6 Å². The van der Waals surface area contributed by atoms with E-state index in [0.717, 1.165) is 85.0 Å². The van der Waals surface area contributed by atoms with Crippen molar-refractivity contribution < 1.29 is 4.39 Å². The molecule has 4 heterocycles. The van der Waals surface area contributed by atoms with Crippen molar-refractivity contribution in [3.63, 3.8) is 0 Å². The molecule has 1 aromatic carbocycles. The number of pyridine rings is 1. The summed E-state index contributed by atoms with van der Waals surface area (Å²) in [5.74, 6) is 2.22. The Labute approximate surface area is 216 Å². The van der Waals surface area contributed by atoms with Gasteiger partial charge in [0.05, 0.1) is 21.6 Å². The number of thioether (sulfide) groups is 1. The Kier molecular flexibility index (Phi) is 7.02. The topological polar surface area (TPSA) is 31.4 Å². The molecule has 0 spiro atoms. The number of halogens is 1. The van der Waals surface area contributed by atoms with Crippen LogP contribution in [0, 0.1) is 5.82 Å². The van der Waals surface area contributed by atoms with Gasteiger partial charge in [0.2, 0.25) is 0 Å². The molecule has 2 aliphatic heterocycles. The Balaban J connectivity index is 1.20. The third kappa shape index (κ3) is 4.97. The summed E-state index contributed by atoms with van der Waals surface area (Å²) in [5, 5.41) is 5.76. The SMILES string of the molecule is Fc1cc(-c2cc(NCCCN3CCCCC3)c3sccc3n2)ccc1C1(N2CCSCC2)CC1. The van der Waals surface area contributed by atoms with E-state index < -0.39 is 0 Å². The van der Waals surface area contributed by atoms with E-state index in [2.05, 4.69) is 38.7 Å². The summed E-state index contributed by atoms with van der Waals surface area (Å²) in [4.78, 5) is 9.99. The third-order valence-corrected chi connectivity index (χ3v) is 9.81. The summed E-state index contributed by atoms with van der Waals surface area (Å²) in [6.45, 7) is 6.71. The second-order valence-electron chi connectivity index (χ2n) is 10.2. The predicted molar refractivity (Wildman–Crippen MR) is 148 cm³/mol. The van der Waals surface area contributed by atoms with Crippen LogP contribution in [-0.4, -0.2) is 65.6 Å². The minimum Gasteiger partial charge on any atom is -0.384 e. The largest absolute Gasteiger partial charge is 0.384 e. The number of anilines is 1. The van der Waals surface area contributed by atoms with Crippen molar-refractivity contribution in [3.8, 4) is 11.3 Å². The van der Waals surface area contributed by atoms with Gasteiger partial charge in [0, 0.05) is 47.8 Å². The van der Waals surface area contributed by atoms with Crippen LogP contribution >= 0.6 is 23.1 Å². The van der Waals surface area contributed by atoms with Crippen LogP contribution in [0.4, 0.5) is 10.1 Å². The summed E-state index contributed by atoms with van der Waals surface area (Å²) in [7, 11) is 0. The maximum atomic E-state index is 15.5. The molecule has 3 aliphatic rings. The fraction of sp³-hybridized carbons (Fsp3) is 0.536. The van der Waals surface area contributed by atoms with Crippen LogP contribution in [0.1, 0.15) is 44.1 Å². The van der Waals surface area contributed by atoms with Crippen LogP contribution < -0.4 is 5.32 Å². The molecule has 35 heavy (non-hydrogen) atoms. The van der Waals surface area contributed by atoms with Crippen LogP contribution in [0.5, 0.6) is 0 Å². The van der Waals surface area contributed by atoms with Crippen LogP contribution in [-0.2, 0) is 5.54 Å². The molecule has 6 rings (SSSR count). The molecular weight excluding hydrogens is 475 g/mol. The lowest BCUT2D eigenvalue weighted by Gasteiger charge is -2.35. The monoisotopic (exact) mass is 510 g/mol. The highest BCUT2D eigenvalue weighted by molar-refractivity contribution is 7.99. The van der Waals surface area contributed by atoms with Crippen LogP contribution in [0.25, 0.3) is 21.5 Å². The highest BCUT2D eigenvalue weighted by atomic mass is 32.2. The zero-order chi connectivity index (χ0) is 23.7. The molecule has 1 saturated carbocycles. The number of likely N-dealkylation sites (tertiary alicyclic amines) is 1. The van der Waals surface area contributed by atoms with Crippen molar-refractivity contribution in [2.45, 2.75) is 44.1 Å². The maximum absolute atomic E-state index is 15.5. The normalized spacial score (nSPS) is 20.8. The molecular formula is C28H35FN4S2. The number of thiophene rings is 1. The summed E-state index contributed by atoms with van der Waals surface area (Å²) < 4.78 is 16.7. The summed E-state index contributed by atoms with van der Waals surface area (Å²) in [5.41, 5.74) is 4.61. The van der Waals surface area contributed by atoms with Crippen molar-refractivity contribution in [2.75, 3.05) is 56.1 Å². The number of hydrogen-bond donors (Lipinski definition) is 1. The first-order valence-corrected chi connectivity index (χ1v) is 15.2. The fourth-order valence-corrected chi connectivity index (χ4v) is 7.59. The molecule has 7 heteroatoms. The molecule has 1 aliphatic carbocycles. The zero-order valence-electron chi connectivity index (χ0n) is 20.4. The first kappa shape index (κ1) is 23.7. The summed E-state index contributed by atoms with van der Waals surface area (Å²) in [6.07, 6.45) is 7.32. The molecule has 3 aromatic rings. The Hall–Kier alpha value is -1.67. The van der Waals surface area contributed by atoms with Gasteiger partial charge in [-0.2, -0.15) is 11.8 Å². The standard InChI is InChI=1S/C28H35FN4S2/c29-23-19-21(5-6-22(23)28(8-9-28)33-14-17-34-18-15-33)25-20-26(27-24(31-25)7-16-35-27)30-10-4-13-32-11-2-1-3-12-32/h5-7,16,19-20H,1-4,8-15,17-18H2,(H,30,31). The van der Waals surface area contributed by atoms with Gasteiger partial charge >= 0.3 is 0 Å². The maximum Gasteiger partial charge on any atom is 0.128 e. The van der Waals surface area contributed by atoms with Crippen molar-refractivity contribution >= 4 is 39.0 Å². The highest BCUT2D eigenvalue weighted by Gasteiger charge is 2.50. The smallest absolute Gasteiger partial charge is 0.128 e. The second-order valence-corrected chi connectivity index (χ2v) is 12.3. The Morgan fingerprint density at radius 2 is 1.83 bits per heavy atom. The van der Waals surface area contributed by atoms with Crippen molar-refractivity contribution in [3.05, 3.63) is 47.1 Å². The van der Waals surface area contributed by atoms with E-state index in [-0.39, 0.29) is 11.4 Å². The number of rotatable bonds is 8. The summed E-state index contributed by atoms with van der Waals surface area (Å²) >= 11 is 3.73. The number of benzene rings is 1.